The van der Waals surface area contributed by atoms with E-state index >= 15 is 0 Å². The SMILES string of the molecule is Cc1c(C)[n+]([O-])c(C)n1O. The van der Waals surface area contributed by atoms with E-state index in [2.05, 4.69) is 0 Å². The Kier molecular flexibility index (Phi) is 1.31. The first-order valence-corrected chi connectivity index (χ1v) is 3.03. The molecule has 0 aliphatic rings. The van der Waals surface area contributed by atoms with Crippen LogP contribution >= 0.6 is 0 Å². The molecular formula is C6H10N2O2. The largest absolute Gasteiger partial charge is 0.710 e. The quantitative estimate of drug-likeness (QED) is 0.321. The van der Waals surface area contributed by atoms with Crippen molar-refractivity contribution < 1.29 is 9.94 Å². The Morgan fingerprint density at radius 2 is 1.90 bits per heavy atom. The third kappa shape index (κ3) is 0.650. The van der Waals surface area contributed by atoms with Crippen LogP contribution in [0.25, 0.3) is 0 Å². The molecule has 0 aliphatic heterocycles. The van der Waals surface area contributed by atoms with Gasteiger partial charge in [0.1, 0.15) is 5.69 Å². The summed E-state index contributed by atoms with van der Waals surface area (Å²) in [5.41, 5.74) is 1.13. The molecule has 0 amide bonds. The summed E-state index contributed by atoms with van der Waals surface area (Å²) >= 11 is 0. The lowest BCUT2D eigenvalue weighted by atomic mass is 10.4. The van der Waals surface area contributed by atoms with E-state index in [-0.39, 0.29) is 0 Å². The predicted molar refractivity (Wildman–Crippen MR) is 34.8 cm³/mol. The molecule has 1 rings (SSSR count). The molecule has 10 heavy (non-hydrogen) atoms. The standard InChI is InChI=1S/C6H10N2O2/c1-4-5(2)8(10)6(3)7(4)9/h9H,1-3H3. The van der Waals surface area contributed by atoms with Crippen molar-refractivity contribution in [1.82, 2.24) is 4.73 Å². The molecule has 1 N–H and O–H groups in total. The summed E-state index contributed by atoms with van der Waals surface area (Å²) in [6.45, 7) is 4.92. The summed E-state index contributed by atoms with van der Waals surface area (Å²) in [6, 6.07) is 0. The second-order valence-electron chi connectivity index (χ2n) is 2.32. The van der Waals surface area contributed by atoms with Crippen LogP contribution in [0.15, 0.2) is 0 Å². The molecule has 0 radical (unpaired) electrons. The van der Waals surface area contributed by atoms with Gasteiger partial charge in [-0.2, -0.15) is 0 Å². The summed E-state index contributed by atoms with van der Waals surface area (Å²) in [7, 11) is 0. The molecule has 1 heterocycles. The van der Waals surface area contributed by atoms with Crippen molar-refractivity contribution in [2.75, 3.05) is 0 Å². The Balaban J connectivity index is 3.44. The van der Waals surface area contributed by atoms with Gasteiger partial charge in [-0.1, -0.05) is 0 Å². The summed E-state index contributed by atoms with van der Waals surface area (Å²) in [4.78, 5) is 0. The highest BCUT2D eigenvalue weighted by molar-refractivity contribution is 5.04. The zero-order valence-electron chi connectivity index (χ0n) is 6.25. The highest BCUT2D eigenvalue weighted by Crippen LogP contribution is 2.02. The van der Waals surface area contributed by atoms with Crippen LogP contribution in [-0.2, 0) is 0 Å². The molecule has 0 unspecified atom stereocenters. The zero-order valence-corrected chi connectivity index (χ0v) is 6.25. The normalized spacial score (nSPS) is 10.3. The van der Waals surface area contributed by atoms with E-state index in [0.717, 1.165) is 4.73 Å². The summed E-state index contributed by atoms with van der Waals surface area (Å²) in [5, 5.41) is 20.0. The monoisotopic (exact) mass is 142 g/mol. The molecule has 0 aliphatic carbocycles. The number of hydrogen-bond donors (Lipinski definition) is 1. The number of hydrogen-bond acceptors (Lipinski definition) is 2. The number of rotatable bonds is 0. The van der Waals surface area contributed by atoms with E-state index in [9.17, 15) is 5.21 Å². The van der Waals surface area contributed by atoms with Gasteiger partial charge in [-0.15, -0.1) is 0 Å². The maximum absolute atomic E-state index is 10.9. The maximum Gasteiger partial charge on any atom is 0.296 e. The van der Waals surface area contributed by atoms with Crippen LogP contribution in [0, 0.1) is 26.0 Å². The lowest BCUT2D eigenvalue weighted by Crippen LogP contribution is -2.31. The van der Waals surface area contributed by atoms with Crippen LogP contribution in [0.1, 0.15) is 17.2 Å². The van der Waals surface area contributed by atoms with Crippen molar-refractivity contribution in [2.45, 2.75) is 20.8 Å². The maximum atomic E-state index is 10.9. The van der Waals surface area contributed by atoms with E-state index in [1.165, 1.54) is 0 Å². The van der Waals surface area contributed by atoms with E-state index in [4.69, 9.17) is 5.21 Å². The molecule has 56 valence electrons. The van der Waals surface area contributed by atoms with Crippen LogP contribution in [-0.4, -0.2) is 9.94 Å². The van der Waals surface area contributed by atoms with Gasteiger partial charge in [0, 0.05) is 20.8 Å². The molecule has 0 saturated heterocycles. The summed E-state index contributed by atoms with van der Waals surface area (Å²) < 4.78 is 1.59. The van der Waals surface area contributed by atoms with Crippen LogP contribution in [0.2, 0.25) is 0 Å². The first-order chi connectivity index (χ1) is 4.55. The second-order valence-corrected chi connectivity index (χ2v) is 2.32. The minimum absolute atomic E-state index is 0.301. The van der Waals surface area contributed by atoms with Crippen LogP contribution in [0.4, 0.5) is 0 Å². The van der Waals surface area contributed by atoms with Gasteiger partial charge < -0.3 is 10.4 Å². The van der Waals surface area contributed by atoms with Crippen LogP contribution in [0.3, 0.4) is 0 Å². The summed E-state index contributed by atoms with van der Waals surface area (Å²) in [6.07, 6.45) is 0. The number of aromatic nitrogens is 2. The van der Waals surface area contributed by atoms with Crippen molar-refractivity contribution in [3.05, 3.63) is 22.4 Å². The number of nitrogens with zero attached hydrogens (tertiary/aromatic N) is 2. The molecule has 0 aromatic carbocycles. The van der Waals surface area contributed by atoms with Gasteiger partial charge in [0.25, 0.3) is 5.82 Å². The third-order valence-electron chi connectivity index (χ3n) is 1.75. The van der Waals surface area contributed by atoms with Crippen LogP contribution in [0.5, 0.6) is 0 Å². The summed E-state index contributed by atoms with van der Waals surface area (Å²) in [5.74, 6) is 0.301. The second kappa shape index (κ2) is 1.90. The molecule has 4 heteroatoms. The Morgan fingerprint density at radius 3 is 2.00 bits per heavy atom. The van der Waals surface area contributed by atoms with Gasteiger partial charge in [-0.05, 0) is 4.73 Å². The topological polar surface area (TPSA) is 52.1 Å². The van der Waals surface area contributed by atoms with Crippen molar-refractivity contribution in [1.29, 1.82) is 0 Å². The highest BCUT2D eigenvalue weighted by Gasteiger charge is 2.16. The number of imidazole rings is 1. The van der Waals surface area contributed by atoms with Gasteiger partial charge in [0.05, 0.1) is 0 Å². The first-order valence-electron chi connectivity index (χ1n) is 3.03. The van der Waals surface area contributed by atoms with E-state index in [1.54, 1.807) is 20.8 Å². The van der Waals surface area contributed by atoms with E-state index in [0.29, 0.717) is 21.9 Å². The van der Waals surface area contributed by atoms with Crippen molar-refractivity contribution in [2.24, 2.45) is 0 Å². The van der Waals surface area contributed by atoms with Crippen molar-refractivity contribution in [3.8, 4) is 0 Å². The van der Waals surface area contributed by atoms with Crippen molar-refractivity contribution >= 4 is 0 Å². The molecule has 0 spiro atoms. The minimum atomic E-state index is 0.301. The van der Waals surface area contributed by atoms with Gasteiger partial charge in [0.15, 0.2) is 5.69 Å². The Hall–Kier alpha value is -1.19. The van der Waals surface area contributed by atoms with Gasteiger partial charge in [-0.25, -0.2) is 4.73 Å². The molecule has 4 nitrogen and oxygen atoms in total. The van der Waals surface area contributed by atoms with Crippen LogP contribution < -0.4 is 4.73 Å². The Labute approximate surface area is 58.9 Å². The Bertz CT molecular complexity index is 185. The fourth-order valence-electron chi connectivity index (χ4n) is 0.872. The third-order valence-corrected chi connectivity index (χ3v) is 1.75. The lowest BCUT2D eigenvalue weighted by Gasteiger charge is -1.97. The molecule has 0 saturated carbocycles. The van der Waals surface area contributed by atoms with E-state index < -0.39 is 0 Å². The first kappa shape index (κ1) is 6.92. The average molecular weight is 142 g/mol. The van der Waals surface area contributed by atoms with Gasteiger partial charge >= 0.3 is 0 Å². The molecule has 1 aromatic heterocycles. The van der Waals surface area contributed by atoms with E-state index in [1.807, 2.05) is 0 Å². The van der Waals surface area contributed by atoms with Gasteiger partial charge in [0.2, 0.25) is 0 Å². The highest BCUT2D eigenvalue weighted by atomic mass is 16.5. The van der Waals surface area contributed by atoms with Gasteiger partial charge in [-0.3, -0.25) is 0 Å². The fourth-order valence-corrected chi connectivity index (χ4v) is 0.872. The zero-order chi connectivity index (χ0) is 7.89. The van der Waals surface area contributed by atoms with Crippen molar-refractivity contribution in [3.63, 3.8) is 0 Å². The molecule has 0 bridgehead atoms. The lowest BCUT2D eigenvalue weighted by molar-refractivity contribution is -0.620. The average Bonchev–Trinajstić information content (AvgIpc) is 2.07. The predicted octanol–water partition coefficient (Wildman–Crippen LogP) is 0.284. The fraction of sp³-hybridized carbons (Fsp3) is 0.500. The Morgan fingerprint density at radius 1 is 1.40 bits per heavy atom. The molecule has 0 fully saturated rings. The molecular weight excluding hydrogens is 132 g/mol. The smallest absolute Gasteiger partial charge is 0.296 e. The molecule has 1 aromatic rings. The minimum Gasteiger partial charge on any atom is -0.710 e. The molecule has 0 atom stereocenters.